The molecule has 2 aromatic carbocycles. The van der Waals surface area contributed by atoms with E-state index in [0.717, 1.165) is 0 Å². The van der Waals surface area contributed by atoms with E-state index in [-0.39, 0.29) is 10.8 Å². The number of rotatable bonds is 2. The first-order chi connectivity index (χ1) is 9.80. The van der Waals surface area contributed by atoms with Crippen LogP contribution in [0.5, 0.6) is 0 Å². The first-order valence-electron chi connectivity index (χ1n) is 7.58. The molecule has 108 valence electrons. The Morgan fingerprint density at radius 3 is 2.43 bits per heavy atom. The largest absolute Gasteiger partial charge is 0.209 e. The highest BCUT2D eigenvalue weighted by atomic mass is 15.0. The molecule has 21 heavy (non-hydrogen) atoms. The molecule has 1 nitrogen and oxygen atoms in total. The second-order valence-corrected chi connectivity index (χ2v) is 7.14. The lowest BCUT2D eigenvalue weighted by Crippen LogP contribution is -2.39. The van der Waals surface area contributed by atoms with Crippen molar-refractivity contribution in [3.63, 3.8) is 0 Å². The summed E-state index contributed by atoms with van der Waals surface area (Å²) in [5.41, 5.74) is 4.15. The van der Waals surface area contributed by atoms with Crippen molar-refractivity contribution in [1.82, 2.24) is 0 Å². The first kappa shape index (κ1) is 14.1. The second kappa shape index (κ2) is 4.30. The molecule has 0 aromatic heterocycles. The topological polar surface area (TPSA) is 3.01 Å². The average Bonchev–Trinajstić information content (AvgIpc) is 2.66. The fraction of sp³-hybridized carbons (Fsp3) is 0.350. The minimum atomic E-state index is -0.0294. The fourth-order valence-electron chi connectivity index (χ4n) is 4.19. The first-order valence-corrected chi connectivity index (χ1v) is 7.58. The van der Waals surface area contributed by atoms with Crippen molar-refractivity contribution in [3.8, 4) is 0 Å². The highest BCUT2D eigenvalue weighted by Crippen LogP contribution is 2.47. The number of hydrogen-bond donors (Lipinski definition) is 0. The monoisotopic (exact) mass is 278 g/mol. The molecule has 0 N–H and O–H groups in total. The van der Waals surface area contributed by atoms with E-state index in [4.69, 9.17) is 0 Å². The van der Waals surface area contributed by atoms with Gasteiger partial charge in [0.2, 0.25) is 5.69 Å². The lowest BCUT2D eigenvalue weighted by Gasteiger charge is -2.28. The van der Waals surface area contributed by atoms with Gasteiger partial charge in [-0.15, -0.1) is 6.58 Å². The predicted octanol–water partition coefficient (Wildman–Crippen LogP) is 5.06. The van der Waals surface area contributed by atoms with E-state index in [1.807, 2.05) is 0 Å². The summed E-state index contributed by atoms with van der Waals surface area (Å²) in [4.78, 5) is 0. The van der Waals surface area contributed by atoms with Crippen LogP contribution in [0.3, 0.4) is 0 Å². The van der Waals surface area contributed by atoms with Gasteiger partial charge in [0, 0.05) is 11.6 Å². The Hall–Kier alpha value is -1.89. The molecule has 0 spiro atoms. The van der Waals surface area contributed by atoms with Crippen molar-refractivity contribution in [2.75, 3.05) is 7.05 Å². The van der Waals surface area contributed by atoms with Crippen LogP contribution in [0.2, 0.25) is 0 Å². The van der Waals surface area contributed by atoms with E-state index in [0.29, 0.717) is 0 Å². The van der Waals surface area contributed by atoms with Gasteiger partial charge in [-0.25, -0.2) is 4.58 Å². The van der Waals surface area contributed by atoms with Crippen molar-refractivity contribution in [2.45, 2.75) is 33.1 Å². The Kier molecular flexibility index (Phi) is 2.88. The Balaban J connectivity index is 2.39. The van der Waals surface area contributed by atoms with Crippen molar-refractivity contribution in [2.24, 2.45) is 5.41 Å². The van der Waals surface area contributed by atoms with Gasteiger partial charge in [-0.05, 0) is 44.5 Å². The van der Waals surface area contributed by atoms with E-state index in [9.17, 15) is 0 Å². The summed E-state index contributed by atoms with van der Waals surface area (Å²) in [6.07, 6.45) is 2.06. The minimum absolute atomic E-state index is 0.00262. The van der Waals surface area contributed by atoms with Gasteiger partial charge in [0.25, 0.3) is 0 Å². The van der Waals surface area contributed by atoms with Gasteiger partial charge in [-0.1, -0.05) is 30.3 Å². The Morgan fingerprint density at radius 1 is 1.10 bits per heavy atom. The van der Waals surface area contributed by atoms with Crippen LogP contribution in [0.15, 0.2) is 49.1 Å². The lowest BCUT2D eigenvalue weighted by atomic mass is 9.70. The third-order valence-electron chi connectivity index (χ3n) is 4.94. The van der Waals surface area contributed by atoms with Gasteiger partial charge in [0.15, 0.2) is 5.71 Å². The number of nitrogens with zero attached hydrogens (tertiary/aromatic N) is 1. The predicted molar refractivity (Wildman–Crippen MR) is 91.8 cm³/mol. The van der Waals surface area contributed by atoms with Gasteiger partial charge in [-0.3, -0.25) is 0 Å². The molecule has 1 heteroatoms. The lowest BCUT2D eigenvalue weighted by molar-refractivity contribution is -0.406. The molecule has 0 fully saturated rings. The molecule has 1 heterocycles. The molecule has 2 aromatic rings. The standard InChI is InChI=1S/C20H24N/c1-7-19(2,3)18-20(4,5)17-15-11-9-8-10-14(15)12-13-16(17)21(18)6/h7-13H,1H2,2-6H3/q+1. The molecule has 0 saturated heterocycles. The Bertz CT molecular complexity index is 776. The normalized spacial score (nSPS) is 17.2. The molecule has 1 aliphatic heterocycles. The van der Waals surface area contributed by atoms with Crippen LogP contribution in [0.25, 0.3) is 10.8 Å². The summed E-state index contributed by atoms with van der Waals surface area (Å²) < 4.78 is 2.36. The van der Waals surface area contributed by atoms with E-state index < -0.39 is 0 Å². The molecule has 0 saturated carbocycles. The zero-order chi connectivity index (χ0) is 15.4. The van der Waals surface area contributed by atoms with Gasteiger partial charge in [0.1, 0.15) is 7.05 Å². The molecular formula is C20H24N+. The van der Waals surface area contributed by atoms with Crippen LogP contribution < -0.4 is 0 Å². The van der Waals surface area contributed by atoms with Crippen LogP contribution in [-0.2, 0) is 5.41 Å². The summed E-state index contributed by atoms with van der Waals surface area (Å²) in [6, 6.07) is 13.2. The molecule has 1 aliphatic rings. The molecule has 0 aliphatic carbocycles. The molecule has 3 rings (SSSR count). The highest BCUT2D eigenvalue weighted by Gasteiger charge is 2.50. The summed E-state index contributed by atoms with van der Waals surface area (Å²) in [5.74, 6) is 0. The summed E-state index contributed by atoms with van der Waals surface area (Å²) >= 11 is 0. The minimum Gasteiger partial charge on any atom is -0.201 e. The number of fused-ring (bicyclic) bond motifs is 3. The second-order valence-electron chi connectivity index (χ2n) is 7.14. The van der Waals surface area contributed by atoms with Gasteiger partial charge in [-0.2, -0.15) is 0 Å². The van der Waals surface area contributed by atoms with Crippen LogP contribution >= 0.6 is 0 Å². The van der Waals surface area contributed by atoms with E-state index in [1.165, 1.54) is 27.7 Å². The third kappa shape index (κ3) is 1.80. The molecule has 0 bridgehead atoms. The summed E-state index contributed by atoms with van der Waals surface area (Å²) in [7, 11) is 2.18. The summed E-state index contributed by atoms with van der Waals surface area (Å²) in [5, 5.41) is 2.68. The number of allylic oxidation sites excluding steroid dienone is 1. The summed E-state index contributed by atoms with van der Waals surface area (Å²) in [6.45, 7) is 13.2. The zero-order valence-electron chi connectivity index (χ0n) is 13.7. The van der Waals surface area contributed by atoms with Crippen molar-refractivity contribution in [3.05, 3.63) is 54.6 Å². The highest BCUT2D eigenvalue weighted by molar-refractivity contribution is 6.05. The molecule has 0 amide bonds. The number of benzene rings is 2. The van der Waals surface area contributed by atoms with Crippen LogP contribution in [0.1, 0.15) is 33.3 Å². The average molecular weight is 278 g/mol. The van der Waals surface area contributed by atoms with Gasteiger partial charge < -0.3 is 0 Å². The van der Waals surface area contributed by atoms with E-state index >= 15 is 0 Å². The maximum atomic E-state index is 4.05. The van der Waals surface area contributed by atoms with Crippen LogP contribution in [0, 0.1) is 5.41 Å². The SMILES string of the molecule is C=CC(C)(C)C1=[N+](C)c2ccc3ccccc3c2C1(C)C. The molecule has 0 atom stereocenters. The van der Waals surface area contributed by atoms with E-state index in [2.05, 4.69) is 88.4 Å². The van der Waals surface area contributed by atoms with Crippen LogP contribution in [0.4, 0.5) is 5.69 Å². The van der Waals surface area contributed by atoms with Crippen molar-refractivity contribution < 1.29 is 4.58 Å². The third-order valence-corrected chi connectivity index (χ3v) is 4.94. The Labute approximate surface area is 127 Å². The van der Waals surface area contributed by atoms with E-state index in [1.54, 1.807) is 0 Å². The van der Waals surface area contributed by atoms with Crippen molar-refractivity contribution in [1.29, 1.82) is 0 Å². The van der Waals surface area contributed by atoms with Gasteiger partial charge >= 0.3 is 0 Å². The maximum absolute atomic E-state index is 4.05. The molecule has 0 unspecified atom stereocenters. The Morgan fingerprint density at radius 2 is 1.76 bits per heavy atom. The fourth-order valence-corrected chi connectivity index (χ4v) is 4.19. The number of hydrogen-bond acceptors (Lipinski definition) is 0. The van der Waals surface area contributed by atoms with Crippen LogP contribution in [-0.4, -0.2) is 17.3 Å². The zero-order valence-corrected chi connectivity index (χ0v) is 13.7. The maximum Gasteiger partial charge on any atom is 0.209 e. The molecular weight excluding hydrogens is 254 g/mol. The quantitative estimate of drug-likeness (QED) is 0.533. The molecule has 0 radical (unpaired) electrons. The smallest absolute Gasteiger partial charge is 0.201 e. The van der Waals surface area contributed by atoms with Gasteiger partial charge in [0.05, 0.1) is 10.8 Å². The van der Waals surface area contributed by atoms with Crippen molar-refractivity contribution >= 4 is 22.2 Å².